The number of aromatic nitrogens is 2. The van der Waals surface area contributed by atoms with Gasteiger partial charge >= 0.3 is 0 Å². The maximum atomic E-state index is 10.1. The summed E-state index contributed by atoms with van der Waals surface area (Å²) in [6, 6.07) is 5.56. The Morgan fingerprint density at radius 2 is 2.36 bits per heavy atom. The van der Waals surface area contributed by atoms with E-state index < -0.39 is 4.92 Å². The van der Waals surface area contributed by atoms with E-state index in [0.717, 1.165) is 17.3 Å². The number of fused-ring (bicyclic) bond motifs is 1. The molecule has 5 heteroatoms. The van der Waals surface area contributed by atoms with Crippen molar-refractivity contribution in [2.75, 3.05) is 0 Å². The van der Waals surface area contributed by atoms with Crippen molar-refractivity contribution in [2.45, 2.75) is 0 Å². The van der Waals surface area contributed by atoms with Gasteiger partial charge in [0, 0.05) is 17.8 Å². The second-order valence-corrected chi connectivity index (χ2v) is 2.73. The fraction of sp³-hybridized carbons (Fsp3) is 0. The number of rotatable bonds is 2. The fourth-order valence-corrected chi connectivity index (χ4v) is 1.22. The third kappa shape index (κ3) is 1.47. The molecule has 2 aromatic heterocycles. The van der Waals surface area contributed by atoms with Crippen LogP contribution in [0.5, 0.6) is 0 Å². The van der Waals surface area contributed by atoms with E-state index in [4.69, 9.17) is 0 Å². The van der Waals surface area contributed by atoms with Crippen LogP contribution in [0, 0.1) is 10.1 Å². The summed E-state index contributed by atoms with van der Waals surface area (Å²) in [6.07, 6.45) is 5.72. The Kier molecular flexibility index (Phi) is 1.98. The van der Waals surface area contributed by atoms with Gasteiger partial charge in [-0.3, -0.25) is 10.1 Å². The minimum atomic E-state index is -0.494. The van der Waals surface area contributed by atoms with Crippen LogP contribution in [-0.4, -0.2) is 14.5 Å². The maximum absolute atomic E-state index is 10.1. The molecule has 5 nitrogen and oxygen atoms in total. The molecule has 0 aliphatic heterocycles. The van der Waals surface area contributed by atoms with E-state index in [1.54, 1.807) is 16.9 Å². The van der Waals surface area contributed by atoms with Gasteiger partial charge in [0.1, 0.15) is 0 Å². The van der Waals surface area contributed by atoms with Gasteiger partial charge in [-0.05, 0) is 12.1 Å². The highest BCUT2D eigenvalue weighted by Crippen LogP contribution is 2.11. The van der Waals surface area contributed by atoms with E-state index in [9.17, 15) is 10.1 Å². The number of hydrogen-bond donors (Lipinski definition) is 0. The van der Waals surface area contributed by atoms with Crippen LogP contribution in [0.4, 0.5) is 0 Å². The summed E-state index contributed by atoms with van der Waals surface area (Å²) in [5.74, 6) is 0. The SMILES string of the molecule is O=[N+]([O-])/C=C/c1cnn2ccccc12. The average molecular weight is 189 g/mol. The van der Waals surface area contributed by atoms with E-state index in [-0.39, 0.29) is 0 Å². The lowest BCUT2D eigenvalue weighted by Crippen LogP contribution is -1.84. The first-order valence-corrected chi connectivity index (χ1v) is 4.01. The van der Waals surface area contributed by atoms with Crippen LogP contribution in [-0.2, 0) is 0 Å². The molecule has 0 saturated heterocycles. The standard InChI is InChI=1S/C9H7N3O2/c13-12(14)6-4-8-7-10-11-5-2-1-3-9(8)11/h1-7H/b6-4+. The van der Waals surface area contributed by atoms with Gasteiger partial charge in [-0.25, -0.2) is 4.52 Å². The summed E-state index contributed by atoms with van der Waals surface area (Å²) in [6.45, 7) is 0. The zero-order valence-electron chi connectivity index (χ0n) is 7.20. The molecule has 0 fully saturated rings. The van der Waals surface area contributed by atoms with Crippen molar-refractivity contribution in [3.05, 3.63) is 52.5 Å². The summed E-state index contributed by atoms with van der Waals surface area (Å²) < 4.78 is 1.67. The quantitative estimate of drug-likeness (QED) is 0.532. The molecule has 0 aromatic carbocycles. The molecular weight excluding hydrogens is 182 g/mol. The molecule has 0 spiro atoms. The largest absolute Gasteiger partial charge is 0.259 e. The van der Waals surface area contributed by atoms with Crippen LogP contribution in [0.25, 0.3) is 11.6 Å². The van der Waals surface area contributed by atoms with Crippen molar-refractivity contribution in [3.63, 3.8) is 0 Å². The highest BCUT2D eigenvalue weighted by molar-refractivity contribution is 5.67. The molecule has 0 aliphatic carbocycles. The van der Waals surface area contributed by atoms with Gasteiger partial charge in [0.15, 0.2) is 0 Å². The topological polar surface area (TPSA) is 60.4 Å². The first kappa shape index (κ1) is 8.43. The molecule has 2 rings (SSSR count). The van der Waals surface area contributed by atoms with E-state index in [0.29, 0.717) is 0 Å². The van der Waals surface area contributed by atoms with Crippen molar-refractivity contribution in [2.24, 2.45) is 0 Å². The van der Waals surface area contributed by atoms with Crippen LogP contribution < -0.4 is 0 Å². The van der Waals surface area contributed by atoms with E-state index in [1.807, 2.05) is 18.2 Å². The lowest BCUT2D eigenvalue weighted by atomic mass is 10.2. The van der Waals surface area contributed by atoms with Gasteiger partial charge in [0.05, 0.1) is 16.6 Å². The van der Waals surface area contributed by atoms with E-state index in [1.165, 1.54) is 6.08 Å². The van der Waals surface area contributed by atoms with Gasteiger partial charge < -0.3 is 0 Å². The molecule has 0 bridgehead atoms. The molecule has 0 radical (unpaired) electrons. The van der Waals surface area contributed by atoms with Crippen molar-refractivity contribution in [1.29, 1.82) is 0 Å². The van der Waals surface area contributed by atoms with E-state index in [2.05, 4.69) is 5.10 Å². The minimum absolute atomic E-state index is 0.494. The highest BCUT2D eigenvalue weighted by atomic mass is 16.6. The molecule has 0 aliphatic rings. The second-order valence-electron chi connectivity index (χ2n) is 2.73. The first-order valence-electron chi connectivity index (χ1n) is 4.01. The zero-order chi connectivity index (χ0) is 9.97. The summed E-state index contributed by atoms with van der Waals surface area (Å²) in [5.41, 5.74) is 1.59. The molecule has 0 N–H and O–H groups in total. The Morgan fingerprint density at radius 3 is 3.14 bits per heavy atom. The van der Waals surface area contributed by atoms with Crippen LogP contribution >= 0.6 is 0 Å². The molecular formula is C9H7N3O2. The van der Waals surface area contributed by atoms with Crippen LogP contribution in [0.1, 0.15) is 5.56 Å². The van der Waals surface area contributed by atoms with Gasteiger partial charge in [0.2, 0.25) is 6.20 Å². The average Bonchev–Trinajstić information content (AvgIpc) is 2.58. The van der Waals surface area contributed by atoms with E-state index >= 15 is 0 Å². The minimum Gasteiger partial charge on any atom is -0.259 e. The normalized spacial score (nSPS) is 11.1. The number of nitro groups is 1. The molecule has 0 amide bonds. The van der Waals surface area contributed by atoms with Crippen LogP contribution in [0.3, 0.4) is 0 Å². The molecule has 2 aromatic rings. The molecule has 14 heavy (non-hydrogen) atoms. The van der Waals surface area contributed by atoms with Crippen molar-refractivity contribution in [3.8, 4) is 0 Å². The fourth-order valence-electron chi connectivity index (χ4n) is 1.22. The Hall–Kier alpha value is -2.17. The van der Waals surface area contributed by atoms with Gasteiger partial charge in [-0.1, -0.05) is 6.07 Å². The molecule has 2 heterocycles. The molecule has 0 unspecified atom stereocenters. The number of nitrogens with zero attached hydrogens (tertiary/aromatic N) is 3. The van der Waals surface area contributed by atoms with Crippen molar-refractivity contribution in [1.82, 2.24) is 9.61 Å². The zero-order valence-corrected chi connectivity index (χ0v) is 7.20. The van der Waals surface area contributed by atoms with Crippen LogP contribution in [0.2, 0.25) is 0 Å². The first-order chi connectivity index (χ1) is 6.77. The predicted octanol–water partition coefficient (Wildman–Crippen LogP) is 1.58. The predicted molar refractivity (Wildman–Crippen MR) is 51.2 cm³/mol. The van der Waals surface area contributed by atoms with Crippen LogP contribution in [0.15, 0.2) is 36.8 Å². The lowest BCUT2D eigenvalue weighted by molar-refractivity contribution is -0.400. The van der Waals surface area contributed by atoms with Gasteiger partial charge in [-0.15, -0.1) is 0 Å². The van der Waals surface area contributed by atoms with Crippen molar-refractivity contribution >= 4 is 11.6 Å². The summed E-state index contributed by atoms with van der Waals surface area (Å²) in [5, 5.41) is 14.2. The summed E-state index contributed by atoms with van der Waals surface area (Å²) in [4.78, 5) is 9.63. The highest BCUT2D eigenvalue weighted by Gasteiger charge is 1.99. The molecule has 0 saturated carbocycles. The third-order valence-electron chi connectivity index (χ3n) is 1.83. The number of pyridine rings is 1. The third-order valence-corrected chi connectivity index (χ3v) is 1.83. The molecule has 0 atom stereocenters. The lowest BCUT2D eigenvalue weighted by Gasteiger charge is -1.90. The summed E-state index contributed by atoms with van der Waals surface area (Å²) in [7, 11) is 0. The smallest absolute Gasteiger partial charge is 0.235 e. The second kappa shape index (κ2) is 3.29. The summed E-state index contributed by atoms with van der Waals surface area (Å²) >= 11 is 0. The maximum Gasteiger partial charge on any atom is 0.235 e. The molecule has 70 valence electrons. The Balaban J connectivity index is 2.48. The van der Waals surface area contributed by atoms with Crippen molar-refractivity contribution < 1.29 is 4.92 Å². The van der Waals surface area contributed by atoms with Gasteiger partial charge in [0.25, 0.3) is 0 Å². The Labute approximate surface area is 79.4 Å². The van der Waals surface area contributed by atoms with Gasteiger partial charge in [-0.2, -0.15) is 5.10 Å². The monoisotopic (exact) mass is 189 g/mol. The Morgan fingerprint density at radius 1 is 1.50 bits per heavy atom. The Bertz CT molecular complexity index is 501. The number of hydrogen-bond acceptors (Lipinski definition) is 3.